The van der Waals surface area contributed by atoms with Gasteiger partial charge in [0, 0.05) is 19.3 Å². The van der Waals surface area contributed by atoms with Crippen molar-refractivity contribution in [3.05, 3.63) is 97.2 Å². The molecule has 0 aromatic rings. The standard InChI is InChI=1S/C67H114O6/c1-4-7-10-13-16-19-22-25-28-29-30-31-32-33-34-35-36-37-40-42-45-48-51-54-57-60-66(69)72-63-64(73-67(70)61-58-55-52-49-46-43-39-27-24-21-18-15-12-9-6-3)62-71-65(68)59-56-53-50-47-44-41-38-26-23-20-17-14-11-8-5-2/h8-9,11-12,17-18,20-22,25-27,29-30,38-39,64H,4-7,10,13-16,19,23-24,28,31-37,40-63H2,1-3H3/b11-8-,12-9-,20-17-,21-18-,25-22-,30-29-,38-26-,39-27-. The van der Waals surface area contributed by atoms with Gasteiger partial charge in [-0.1, -0.05) is 253 Å². The first-order valence-corrected chi connectivity index (χ1v) is 30.7. The maximum atomic E-state index is 12.9. The van der Waals surface area contributed by atoms with E-state index in [0.29, 0.717) is 19.3 Å². The lowest BCUT2D eigenvalue weighted by Crippen LogP contribution is -2.30. The van der Waals surface area contributed by atoms with Crippen LogP contribution in [0.2, 0.25) is 0 Å². The summed E-state index contributed by atoms with van der Waals surface area (Å²) >= 11 is 0. The van der Waals surface area contributed by atoms with Crippen molar-refractivity contribution >= 4 is 17.9 Å². The van der Waals surface area contributed by atoms with Gasteiger partial charge in [0.25, 0.3) is 0 Å². The zero-order valence-corrected chi connectivity index (χ0v) is 47.9. The molecule has 0 amide bonds. The van der Waals surface area contributed by atoms with Crippen LogP contribution in [-0.4, -0.2) is 37.2 Å². The fourth-order valence-corrected chi connectivity index (χ4v) is 8.50. The average molecular weight is 1020 g/mol. The third-order valence-electron chi connectivity index (χ3n) is 13.1. The van der Waals surface area contributed by atoms with E-state index in [2.05, 4.69) is 118 Å². The highest BCUT2D eigenvalue weighted by atomic mass is 16.6. The third-order valence-corrected chi connectivity index (χ3v) is 13.1. The van der Waals surface area contributed by atoms with Crippen LogP contribution in [0.25, 0.3) is 0 Å². The fourth-order valence-electron chi connectivity index (χ4n) is 8.50. The topological polar surface area (TPSA) is 78.9 Å². The Morgan fingerprint density at radius 2 is 0.534 bits per heavy atom. The van der Waals surface area contributed by atoms with Crippen LogP contribution in [0, 0.1) is 0 Å². The van der Waals surface area contributed by atoms with Crippen molar-refractivity contribution < 1.29 is 28.6 Å². The molecule has 0 aromatic carbocycles. The molecule has 0 aliphatic heterocycles. The smallest absolute Gasteiger partial charge is 0.306 e. The molecule has 0 bridgehead atoms. The Kier molecular flexibility index (Phi) is 57.8. The molecule has 418 valence electrons. The maximum Gasteiger partial charge on any atom is 0.306 e. The fraction of sp³-hybridized carbons (Fsp3) is 0.716. The van der Waals surface area contributed by atoms with E-state index in [4.69, 9.17) is 14.2 Å². The summed E-state index contributed by atoms with van der Waals surface area (Å²) in [6.45, 7) is 6.39. The molecule has 0 aliphatic carbocycles. The van der Waals surface area contributed by atoms with Crippen LogP contribution in [0.4, 0.5) is 0 Å². The Labute approximate surface area is 451 Å². The van der Waals surface area contributed by atoms with Gasteiger partial charge in [-0.2, -0.15) is 0 Å². The summed E-state index contributed by atoms with van der Waals surface area (Å²) in [6.07, 6.45) is 81.3. The second kappa shape index (κ2) is 60.9. The highest BCUT2D eigenvalue weighted by molar-refractivity contribution is 5.71. The van der Waals surface area contributed by atoms with Crippen molar-refractivity contribution in [3.63, 3.8) is 0 Å². The number of carbonyl (C=O) groups excluding carboxylic acids is 3. The van der Waals surface area contributed by atoms with Gasteiger partial charge in [0.05, 0.1) is 0 Å². The quantitative estimate of drug-likeness (QED) is 0.0261. The summed E-state index contributed by atoms with van der Waals surface area (Å²) in [4.78, 5) is 38.2. The molecule has 0 saturated heterocycles. The number of rotatable bonds is 55. The Morgan fingerprint density at radius 1 is 0.288 bits per heavy atom. The van der Waals surface area contributed by atoms with E-state index in [9.17, 15) is 14.4 Å². The van der Waals surface area contributed by atoms with Gasteiger partial charge in [-0.15, -0.1) is 0 Å². The van der Waals surface area contributed by atoms with E-state index in [1.807, 2.05) is 0 Å². The van der Waals surface area contributed by atoms with Gasteiger partial charge in [0.15, 0.2) is 6.10 Å². The molecule has 0 N–H and O–H groups in total. The van der Waals surface area contributed by atoms with E-state index in [0.717, 1.165) is 141 Å². The second-order valence-electron chi connectivity index (χ2n) is 20.2. The average Bonchev–Trinajstić information content (AvgIpc) is 3.39. The highest BCUT2D eigenvalue weighted by Crippen LogP contribution is 2.16. The number of ether oxygens (including phenoxy) is 3. The monoisotopic (exact) mass is 1010 g/mol. The molecular weight excluding hydrogens is 901 g/mol. The molecule has 0 saturated carbocycles. The predicted molar refractivity (Wildman–Crippen MR) is 316 cm³/mol. The van der Waals surface area contributed by atoms with Crippen molar-refractivity contribution in [2.45, 2.75) is 297 Å². The van der Waals surface area contributed by atoms with E-state index >= 15 is 0 Å². The van der Waals surface area contributed by atoms with E-state index < -0.39 is 6.10 Å². The summed E-state index contributed by atoms with van der Waals surface area (Å²) < 4.78 is 16.9. The zero-order valence-electron chi connectivity index (χ0n) is 47.9. The molecule has 1 unspecified atom stereocenters. The van der Waals surface area contributed by atoms with E-state index in [1.54, 1.807) is 0 Å². The van der Waals surface area contributed by atoms with Crippen LogP contribution in [-0.2, 0) is 28.6 Å². The molecular formula is C67H114O6. The number of unbranched alkanes of at least 4 members (excludes halogenated alkanes) is 28. The SMILES string of the molecule is CC/C=C\C/C=C\C/C=C\CCCCCCCC(=O)OCC(COC(=O)CCCCCCCCCCCCCCC/C=C\C/C=C\CCCCCCC)OC(=O)CCCCCCC/C=C\C/C=C\C/C=C\CC. The van der Waals surface area contributed by atoms with Crippen molar-refractivity contribution in [3.8, 4) is 0 Å². The molecule has 73 heavy (non-hydrogen) atoms. The lowest BCUT2D eigenvalue weighted by Gasteiger charge is -2.18. The van der Waals surface area contributed by atoms with Crippen molar-refractivity contribution in [1.29, 1.82) is 0 Å². The van der Waals surface area contributed by atoms with Gasteiger partial charge >= 0.3 is 17.9 Å². The first-order chi connectivity index (χ1) is 36.0. The summed E-state index contributed by atoms with van der Waals surface area (Å²) in [5.41, 5.74) is 0. The molecule has 6 nitrogen and oxygen atoms in total. The molecule has 0 spiro atoms. The Balaban J connectivity index is 4.33. The first-order valence-electron chi connectivity index (χ1n) is 30.7. The second-order valence-corrected chi connectivity index (χ2v) is 20.2. The molecule has 6 heteroatoms. The van der Waals surface area contributed by atoms with E-state index in [1.165, 1.54) is 109 Å². The Bertz CT molecular complexity index is 1440. The minimum atomic E-state index is -0.796. The number of hydrogen-bond donors (Lipinski definition) is 0. The van der Waals surface area contributed by atoms with Crippen molar-refractivity contribution in [2.75, 3.05) is 13.2 Å². The number of allylic oxidation sites excluding steroid dienone is 16. The molecule has 1 atom stereocenters. The minimum Gasteiger partial charge on any atom is -0.462 e. The summed E-state index contributed by atoms with van der Waals surface area (Å²) in [6, 6.07) is 0. The Morgan fingerprint density at radius 3 is 0.836 bits per heavy atom. The van der Waals surface area contributed by atoms with Gasteiger partial charge in [-0.05, 0) is 116 Å². The Hall–Kier alpha value is -3.67. The summed E-state index contributed by atoms with van der Waals surface area (Å²) in [5.74, 6) is -0.920. The minimum absolute atomic E-state index is 0.0904. The number of esters is 3. The third kappa shape index (κ3) is 59.1. The van der Waals surface area contributed by atoms with Gasteiger partial charge < -0.3 is 14.2 Å². The zero-order chi connectivity index (χ0) is 52.9. The predicted octanol–water partition coefficient (Wildman–Crippen LogP) is 20.9. The van der Waals surface area contributed by atoms with Crippen LogP contribution in [0.3, 0.4) is 0 Å². The largest absolute Gasteiger partial charge is 0.462 e. The lowest BCUT2D eigenvalue weighted by molar-refractivity contribution is -0.167. The first kappa shape index (κ1) is 69.3. The van der Waals surface area contributed by atoms with Crippen LogP contribution in [0.5, 0.6) is 0 Å². The number of hydrogen-bond acceptors (Lipinski definition) is 6. The molecule has 0 fully saturated rings. The van der Waals surface area contributed by atoms with Gasteiger partial charge in [-0.25, -0.2) is 0 Å². The normalized spacial score (nSPS) is 12.8. The molecule has 0 rings (SSSR count). The lowest BCUT2D eigenvalue weighted by atomic mass is 10.0. The molecule has 0 aliphatic rings. The molecule has 0 heterocycles. The van der Waals surface area contributed by atoms with Gasteiger partial charge in [0.1, 0.15) is 13.2 Å². The van der Waals surface area contributed by atoms with Crippen LogP contribution in [0.15, 0.2) is 97.2 Å². The highest BCUT2D eigenvalue weighted by Gasteiger charge is 2.19. The van der Waals surface area contributed by atoms with Crippen molar-refractivity contribution in [1.82, 2.24) is 0 Å². The van der Waals surface area contributed by atoms with Gasteiger partial charge in [0.2, 0.25) is 0 Å². The summed E-state index contributed by atoms with van der Waals surface area (Å²) in [5, 5.41) is 0. The summed E-state index contributed by atoms with van der Waals surface area (Å²) in [7, 11) is 0. The molecule has 0 radical (unpaired) electrons. The maximum absolute atomic E-state index is 12.9. The molecule has 0 aromatic heterocycles. The van der Waals surface area contributed by atoms with Crippen molar-refractivity contribution in [2.24, 2.45) is 0 Å². The van der Waals surface area contributed by atoms with Crippen LogP contribution in [0.1, 0.15) is 290 Å². The number of carbonyl (C=O) groups is 3. The van der Waals surface area contributed by atoms with Crippen LogP contribution < -0.4 is 0 Å². The van der Waals surface area contributed by atoms with E-state index in [-0.39, 0.29) is 31.1 Å². The van der Waals surface area contributed by atoms with Crippen LogP contribution >= 0.6 is 0 Å². The van der Waals surface area contributed by atoms with Gasteiger partial charge in [-0.3, -0.25) is 14.4 Å².